The molecule has 4 heteroatoms. The molecule has 0 bridgehead atoms. The van der Waals surface area contributed by atoms with Crippen LogP contribution in [0.25, 0.3) is 0 Å². The molecule has 1 aromatic rings. The zero-order chi connectivity index (χ0) is 8.97. The van der Waals surface area contributed by atoms with Gasteiger partial charge in [-0.15, -0.1) is 0 Å². The first-order valence-electron chi connectivity index (χ1n) is 4.01. The quantitative estimate of drug-likeness (QED) is 0.720. The average Bonchev–Trinajstić information content (AvgIpc) is 2.51. The SMILES string of the molecule is CCC(CC(N)=S)n1cccn1. The lowest BCUT2D eigenvalue weighted by Gasteiger charge is -2.13. The number of rotatable bonds is 4. The van der Waals surface area contributed by atoms with Crippen molar-refractivity contribution in [3.63, 3.8) is 0 Å². The minimum Gasteiger partial charge on any atom is -0.393 e. The number of thiocarbonyl (C=S) groups is 1. The van der Waals surface area contributed by atoms with Gasteiger partial charge in [0.1, 0.15) is 0 Å². The third-order valence-corrected chi connectivity index (χ3v) is 1.97. The van der Waals surface area contributed by atoms with E-state index in [2.05, 4.69) is 12.0 Å². The van der Waals surface area contributed by atoms with E-state index in [1.165, 1.54) is 0 Å². The van der Waals surface area contributed by atoms with Crippen molar-refractivity contribution in [1.29, 1.82) is 0 Å². The van der Waals surface area contributed by atoms with E-state index in [1.807, 2.05) is 16.9 Å². The Morgan fingerprint density at radius 2 is 2.50 bits per heavy atom. The molecule has 1 unspecified atom stereocenters. The van der Waals surface area contributed by atoms with Crippen molar-refractivity contribution in [2.75, 3.05) is 0 Å². The highest BCUT2D eigenvalue weighted by Gasteiger charge is 2.08. The monoisotopic (exact) mass is 183 g/mol. The maximum Gasteiger partial charge on any atom is 0.0748 e. The molecule has 0 saturated carbocycles. The van der Waals surface area contributed by atoms with E-state index in [1.54, 1.807) is 6.20 Å². The highest BCUT2D eigenvalue weighted by atomic mass is 32.1. The molecule has 1 rings (SSSR count). The standard InChI is InChI=1S/C8H13N3S/c1-2-7(6-8(9)12)11-5-3-4-10-11/h3-5,7H,2,6H2,1H3,(H2,9,12). The van der Waals surface area contributed by atoms with Gasteiger partial charge in [-0.05, 0) is 12.5 Å². The van der Waals surface area contributed by atoms with E-state index in [0.717, 1.165) is 12.8 Å². The molecule has 0 spiro atoms. The van der Waals surface area contributed by atoms with E-state index in [-0.39, 0.29) is 0 Å². The first-order valence-corrected chi connectivity index (χ1v) is 4.42. The summed E-state index contributed by atoms with van der Waals surface area (Å²) in [6.07, 6.45) is 5.43. The molecule has 0 aliphatic carbocycles. The van der Waals surface area contributed by atoms with E-state index >= 15 is 0 Å². The third-order valence-electron chi connectivity index (χ3n) is 1.81. The molecule has 0 saturated heterocycles. The summed E-state index contributed by atoms with van der Waals surface area (Å²) in [5.74, 6) is 0. The Morgan fingerprint density at radius 3 is 2.92 bits per heavy atom. The van der Waals surface area contributed by atoms with Gasteiger partial charge in [0.05, 0.1) is 11.0 Å². The van der Waals surface area contributed by atoms with E-state index in [4.69, 9.17) is 18.0 Å². The van der Waals surface area contributed by atoms with Crippen LogP contribution >= 0.6 is 12.2 Å². The van der Waals surface area contributed by atoms with Crippen molar-refractivity contribution in [3.8, 4) is 0 Å². The number of nitrogens with two attached hydrogens (primary N) is 1. The van der Waals surface area contributed by atoms with Crippen molar-refractivity contribution in [2.24, 2.45) is 5.73 Å². The molecule has 0 aliphatic rings. The van der Waals surface area contributed by atoms with Crippen LogP contribution in [0.3, 0.4) is 0 Å². The predicted molar refractivity (Wildman–Crippen MR) is 53.0 cm³/mol. The maximum absolute atomic E-state index is 5.47. The molecule has 1 atom stereocenters. The predicted octanol–water partition coefficient (Wildman–Crippen LogP) is 1.51. The molecular formula is C8H13N3S. The minimum absolute atomic E-state index is 0.317. The fraction of sp³-hybridized carbons (Fsp3) is 0.500. The van der Waals surface area contributed by atoms with Crippen LogP contribution in [0.4, 0.5) is 0 Å². The van der Waals surface area contributed by atoms with Crippen LogP contribution in [0, 0.1) is 0 Å². The van der Waals surface area contributed by atoms with Crippen LogP contribution in [0.2, 0.25) is 0 Å². The molecular weight excluding hydrogens is 170 g/mol. The lowest BCUT2D eigenvalue weighted by Crippen LogP contribution is -2.17. The van der Waals surface area contributed by atoms with Crippen LogP contribution in [-0.2, 0) is 0 Å². The second kappa shape index (κ2) is 4.21. The number of aromatic nitrogens is 2. The second-order valence-electron chi connectivity index (χ2n) is 2.72. The molecule has 0 fully saturated rings. The summed E-state index contributed by atoms with van der Waals surface area (Å²) in [6, 6.07) is 2.22. The van der Waals surface area contributed by atoms with Crippen LogP contribution < -0.4 is 5.73 Å². The molecule has 12 heavy (non-hydrogen) atoms. The second-order valence-corrected chi connectivity index (χ2v) is 3.24. The van der Waals surface area contributed by atoms with Gasteiger partial charge in [-0.3, -0.25) is 4.68 Å². The van der Waals surface area contributed by atoms with Crippen LogP contribution in [0.5, 0.6) is 0 Å². The van der Waals surface area contributed by atoms with Crippen molar-refractivity contribution < 1.29 is 0 Å². The van der Waals surface area contributed by atoms with Crippen LogP contribution in [0.1, 0.15) is 25.8 Å². The van der Waals surface area contributed by atoms with Gasteiger partial charge >= 0.3 is 0 Å². The Balaban J connectivity index is 2.63. The summed E-state index contributed by atoms with van der Waals surface area (Å²) in [5.41, 5.74) is 5.47. The van der Waals surface area contributed by atoms with Crippen molar-refractivity contribution >= 4 is 17.2 Å². The smallest absolute Gasteiger partial charge is 0.0748 e. The first kappa shape index (κ1) is 9.19. The summed E-state index contributed by atoms with van der Waals surface area (Å²) in [6.45, 7) is 2.10. The zero-order valence-corrected chi connectivity index (χ0v) is 7.92. The minimum atomic E-state index is 0.317. The maximum atomic E-state index is 5.47. The van der Waals surface area contributed by atoms with Gasteiger partial charge in [-0.1, -0.05) is 19.1 Å². The average molecular weight is 183 g/mol. The fourth-order valence-corrected chi connectivity index (χ4v) is 1.35. The molecule has 3 nitrogen and oxygen atoms in total. The highest BCUT2D eigenvalue weighted by molar-refractivity contribution is 7.80. The molecule has 0 amide bonds. The Morgan fingerprint density at radius 1 is 1.75 bits per heavy atom. The van der Waals surface area contributed by atoms with Gasteiger partial charge < -0.3 is 5.73 Å². The number of hydrogen-bond donors (Lipinski definition) is 1. The first-order chi connectivity index (χ1) is 5.74. The van der Waals surface area contributed by atoms with E-state index < -0.39 is 0 Å². The van der Waals surface area contributed by atoms with Gasteiger partial charge in [-0.25, -0.2) is 0 Å². The molecule has 0 aliphatic heterocycles. The molecule has 1 aromatic heterocycles. The highest BCUT2D eigenvalue weighted by Crippen LogP contribution is 2.13. The summed E-state index contributed by atoms with van der Waals surface area (Å²) in [7, 11) is 0. The van der Waals surface area contributed by atoms with Crippen molar-refractivity contribution in [1.82, 2.24) is 9.78 Å². The van der Waals surface area contributed by atoms with Gasteiger partial charge in [0.25, 0.3) is 0 Å². The largest absolute Gasteiger partial charge is 0.393 e. The van der Waals surface area contributed by atoms with Crippen molar-refractivity contribution in [3.05, 3.63) is 18.5 Å². The Hall–Kier alpha value is -0.900. The number of hydrogen-bond acceptors (Lipinski definition) is 2. The summed E-state index contributed by atoms with van der Waals surface area (Å²) < 4.78 is 1.90. The topological polar surface area (TPSA) is 43.8 Å². The van der Waals surface area contributed by atoms with E-state index in [0.29, 0.717) is 11.0 Å². The molecule has 66 valence electrons. The third kappa shape index (κ3) is 2.30. The lowest BCUT2D eigenvalue weighted by molar-refractivity contribution is 0.455. The zero-order valence-electron chi connectivity index (χ0n) is 7.10. The molecule has 2 N–H and O–H groups in total. The summed E-state index contributed by atoms with van der Waals surface area (Å²) >= 11 is 4.85. The molecule has 0 radical (unpaired) electrons. The Bertz CT molecular complexity index is 243. The molecule has 1 heterocycles. The fourth-order valence-electron chi connectivity index (χ4n) is 1.15. The van der Waals surface area contributed by atoms with Crippen molar-refractivity contribution in [2.45, 2.75) is 25.8 Å². The number of nitrogens with zero attached hydrogens (tertiary/aromatic N) is 2. The molecule has 0 aromatic carbocycles. The Kier molecular flexibility index (Phi) is 3.22. The van der Waals surface area contributed by atoms with Crippen LogP contribution in [-0.4, -0.2) is 14.8 Å². The summed E-state index contributed by atoms with van der Waals surface area (Å²) in [5, 5.41) is 4.14. The van der Waals surface area contributed by atoms with Crippen LogP contribution in [0.15, 0.2) is 18.5 Å². The van der Waals surface area contributed by atoms with Gasteiger partial charge in [0, 0.05) is 18.8 Å². The van der Waals surface area contributed by atoms with Gasteiger partial charge in [0.15, 0.2) is 0 Å². The van der Waals surface area contributed by atoms with E-state index in [9.17, 15) is 0 Å². The lowest BCUT2D eigenvalue weighted by atomic mass is 10.1. The Labute approximate surface area is 77.6 Å². The van der Waals surface area contributed by atoms with Gasteiger partial charge in [-0.2, -0.15) is 5.10 Å². The summed E-state index contributed by atoms with van der Waals surface area (Å²) in [4.78, 5) is 0.553. The van der Waals surface area contributed by atoms with Gasteiger partial charge in [0.2, 0.25) is 0 Å². The normalized spacial score (nSPS) is 12.8.